The highest BCUT2D eigenvalue weighted by atomic mass is 16.5. The number of aliphatic hydroxyl groups excluding tert-OH is 1. The van der Waals surface area contributed by atoms with Crippen LogP contribution in [0, 0.1) is 5.92 Å². The second-order valence-corrected chi connectivity index (χ2v) is 9.25. The molecule has 1 atom stereocenters. The molecule has 0 aromatic heterocycles. The fraction of sp³-hybridized carbons (Fsp3) is 0.963. The third-order valence-electron chi connectivity index (χ3n) is 6.24. The van der Waals surface area contributed by atoms with Crippen LogP contribution in [0.15, 0.2) is 0 Å². The molecule has 1 unspecified atom stereocenters. The molecule has 0 spiro atoms. The van der Waals surface area contributed by atoms with Gasteiger partial charge in [-0.05, 0) is 18.8 Å². The number of unbranched alkanes of at least 4 members (excludes halogenated alkanes) is 16. The maximum atomic E-state index is 12.0. The highest BCUT2D eigenvalue weighted by Gasteiger charge is 2.14. The molecule has 30 heavy (non-hydrogen) atoms. The van der Waals surface area contributed by atoms with Gasteiger partial charge >= 0.3 is 5.97 Å². The minimum absolute atomic E-state index is 0.0765. The largest absolute Gasteiger partial charge is 0.463 e. The molecular weight excluding hydrogens is 372 g/mol. The van der Waals surface area contributed by atoms with Crippen LogP contribution < -0.4 is 0 Å². The quantitative estimate of drug-likeness (QED) is 0.124. The molecule has 0 aliphatic carbocycles. The van der Waals surface area contributed by atoms with Gasteiger partial charge in [0.25, 0.3) is 0 Å². The topological polar surface area (TPSA) is 46.5 Å². The van der Waals surface area contributed by atoms with Gasteiger partial charge in [0.05, 0.1) is 6.61 Å². The first-order valence-electron chi connectivity index (χ1n) is 13.5. The maximum absolute atomic E-state index is 12.0. The minimum Gasteiger partial charge on any atom is -0.463 e. The molecule has 0 aromatic rings. The van der Waals surface area contributed by atoms with Gasteiger partial charge in [-0.25, -0.2) is 0 Å². The van der Waals surface area contributed by atoms with E-state index in [1.807, 2.05) is 0 Å². The van der Waals surface area contributed by atoms with E-state index in [4.69, 9.17) is 9.84 Å². The monoisotopic (exact) mass is 426 g/mol. The van der Waals surface area contributed by atoms with Crippen LogP contribution in [0.4, 0.5) is 0 Å². The Kier molecular flexibility index (Phi) is 24.2. The molecule has 0 fully saturated rings. The van der Waals surface area contributed by atoms with Crippen molar-refractivity contribution in [1.82, 2.24) is 0 Å². The Labute approximate surface area is 188 Å². The summed E-state index contributed by atoms with van der Waals surface area (Å²) in [4.78, 5) is 12.0. The van der Waals surface area contributed by atoms with Crippen molar-refractivity contribution in [3.8, 4) is 0 Å². The number of esters is 1. The van der Waals surface area contributed by atoms with E-state index in [1.165, 1.54) is 116 Å². The molecule has 0 aliphatic heterocycles. The van der Waals surface area contributed by atoms with E-state index in [1.54, 1.807) is 0 Å². The molecule has 0 aromatic carbocycles. The lowest BCUT2D eigenvalue weighted by atomic mass is 9.91. The van der Waals surface area contributed by atoms with Gasteiger partial charge in [0.2, 0.25) is 0 Å². The lowest BCUT2D eigenvalue weighted by molar-refractivity contribution is -0.145. The van der Waals surface area contributed by atoms with Crippen LogP contribution in [0.2, 0.25) is 0 Å². The molecule has 0 aliphatic rings. The maximum Gasteiger partial charge on any atom is 0.306 e. The van der Waals surface area contributed by atoms with Crippen molar-refractivity contribution in [3.63, 3.8) is 0 Å². The predicted octanol–water partition coefficient (Wildman–Crippen LogP) is 8.37. The van der Waals surface area contributed by atoms with Crippen molar-refractivity contribution in [2.75, 3.05) is 13.2 Å². The van der Waals surface area contributed by atoms with Crippen molar-refractivity contribution >= 4 is 5.97 Å². The standard InChI is InChI=1S/C27H54O3/c1-3-5-7-9-11-13-14-16-18-20-22-26(25-27(29)30-24-23-28)21-19-17-15-12-10-8-6-4-2/h26,28H,3-25H2,1-2H3. The van der Waals surface area contributed by atoms with Crippen molar-refractivity contribution in [2.24, 2.45) is 5.92 Å². The van der Waals surface area contributed by atoms with Crippen LogP contribution in [0.25, 0.3) is 0 Å². The average molecular weight is 427 g/mol. The van der Waals surface area contributed by atoms with E-state index >= 15 is 0 Å². The molecule has 0 saturated carbocycles. The summed E-state index contributed by atoms with van der Waals surface area (Å²) in [5, 5.41) is 8.85. The summed E-state index contributed by atoms with van der Waals surface area (Å²) >= 11 is 0. The third kappa shape index (κ3) is 22.1. The third-order valence-corrected chi connectivity index (χ3v) is 6.24. The average Bonchev–Trinajstić information content (AvgIpc) is 2.75. The first-order chi connectivity index (χ1) is 14.7. The normalized spacial score (nSPS) is 12.2. The Morgan fingerprint density at radius 2 is 1.00 bits per heavy atom. The molecule has 0 heterocycles. The van der Waals surface area contributed by atoms with Crippen molar-refractivity contribution < 1.29 is 14.6 Å². The number of rotatable bonds is 24. The lowest BCUT2D eigenvalue weighted by Crippen LogP contribution is -2.14. The van der Waals surface area contributed by atoms with E-state index in [9.17, 15) is 4.79 Å². The summed E-state index contributed by atoms with van der Waals surface area (Å²) in [7, 11) is 0. The Hall–Kier alpha value is -0.570. The zero-order chi connectivity index (χ0) is 22.1. The predicted molar refractivity (Wildman–Crippen MR) is 130 cm³/mol. The van der Waals surface area contributed by atoms with Gasteiger partial charge in [0, 0.05) is 6.42 Å². The Balaban J connectivity index is 3.86. The van der Waals surface area contributed by atoms with Gasteiger partial charge < -0.3 is 9.84 Å². The van der Waals surface area contributed by atoms with Crippen LogP contribution in [0.1, 0.15) is 149 Å². The van der Waals surface area contributed by atoms with Gasteiger partial charge in [0.1, 0.15) is 6.61 Å². The molecule has 0 bridgehead atoms. The molecule has 0 amide bonds. The number of carbonyl (C=O) groups excluding carboxylic acids is 1. The van der Waals surface area contributed by atoms with Gasteiger partial charge in [-0.2, -0.15) is 0 Å². The summed E-state index contributed by atoms with van der Waals surface area (Å²) in [6.07, 6.45) is 27.1. The van der Waals surface area contributed by atoms with Gasteiger partial charge in [-0.15, -0.1) is 0 Å². The number of ether oxygens (including phenoxy) is 1. The van der Waals surface area contributed by atoms with E-state index in [2.05, 4.69) is 13.8 Å². The molecule has 1 N–H and O–H groups in total. The molecule has 0 rings (SSSR count). The summed E-state index contributed by atoms with van der Waals surface area (Å²) in [5.74, 6) is 0.339. The minimum atomic E-state index is -0.124. The second-order valence-electron chi connectivity index (χ2n) is 9.25. The highest BCUT2D eigenvalue weighted by Crippen LogP contribution is 2.23. The van der Waals surface area contributed by atoms with E-state index in [-0.39, 0.29) is 19.2 Å². The summed E-state index contributed by atoms with van der Waals surface area (Å²) < 4.78 is 5.11. The zero-order valence-electron chi connectivity index (χ0n) is 20.6. The van der Waals surface area contributed by atoms with E-state index in [0.717, 1.165) is 12.8 Å². The molecular formula is C27H54O3. The lowest BCUT2D eigenvalue weighted by Gasteiger charge is -2.16. The Morgan fingerprint density at radius 3 is 1.37 bits per heavy atom. The summed E-state index contributed by atoms with van der Waals surface area (Å²) in [5.41, 5.74) is 0. The van der Waals surface area contributed by atoms with Crippen molar-refractivity contribution in [3.05, 3.63) is 0 Å². The fourth-order valence-electron chi connectivity index (χ4n) is 4.29. The van der Waals surface area contributed by atoms with Gasteiger partial charge in [-0.3, -0.25) is 4.79 Å². The smallest absolute Gasteiger partial charge is 0.306 e. The second kappa shape index (κ2) is 24.7. The zero-order valence-corrected chi connectivity index (χ0v) is 20.6. The molecule has 3 nitrogen and oxygen atoms in total. The summed E-state index contributed by atoms with van der Waals surface area (Å²) in [6, 6.07) is 0. The number of carbonyl (C=O) groups is 1. The molecule has 0 saturated heterocycles. The van der Waals surface area contributed by atoms with E-state index in [0.29, 0.717) is 12.3 Å². The van der Waals surface area contributed by atoms with Crippen LogP contribution in [0.5, 0.6) is 0 Å². The number of aliphatic hydroxyl groups is 1. The van der Waals surface area contributed by atoms with Gasteiger partial charge in [0.15, 0.2) is 0 Å². The first kappa shape index (κ1) is 29.4. The van der Waals surface area contributed by atoms with Crippen LogP contribution in [0.3, 0.4) is 0 Å². The Bertz CT molecular complexity index is 343. The fourth-order valence-corrected chi connectivity index (χ4v) is 4.29. The number of hydrogen-bond acceptors (Lipinski definition) is 3. The Morgan fingerprint density at radius 1 is 0.633 bits per heavy atom. The van der Waals surface area contributed by atoms with Gasteiger partial charge in [-0.1, -0.05) is 129 Å². The molecule has 3 heteroatoms. The van der Waals surface area contributed by atoms with Crippen molar-refractivity contribution in [1.29, 1.82) is 0 Å². The van der Waals surface area contributed by atoms with Crippen molar-refractivity contribution in [2.45, 2.75) is 149 Å². The highest BCUT2D eigenvalue weighted by molar-refractivity contribution is 5.69. The van der Waals surface area contributed by atoms with Crippen LogP contribution in [-0.4, -0.2) is 24.3 Å². The van der Waals surface area contributed by atoms with E-state index < -0.39 is 0 Å². The van der Waals surface area contributed by atoms with Crippen LogP contribution in [-0.2, 0) is 9.53 Å². The molecule has 180 valence electrons. The van der Waals surface area contributed by atoms with Crippen LogP contribution >= 0.6 is 0 Å². The SMILES string of the molecule is CCCCCCCCCCCCC(CCCCCCCCCC)CC(=O)OCCO. The first-order valence-corrected chi connectivity index (χ1v) is 13.5. The summed E-state index contributed by atoms with van der Waals surface area (Å²) in [6.45, 7) is 4.60. The molecule has 0 radical (unpaired) electrons. The number of hydrogen-bond donors (Lipinski definition) is 1.